The van der Waals surface area contributed by atoms with Crippen LogP contribution in [-0.4, -0.2) is 65.7 Å². The number of thiophene rings is 1. The molecule has 4 rings (SSSR count). The van der Waals surface area contributed by atoms with E-state index in [1.54, 1.807) is 23.0 Å². The molecule has 2 aromatic rings. The predicted octanol–water partition coefficient (Wildman–Crippen LogP) is 2.15. The summed E-state index contributed by atoms with van der Waals surface area (Å²) in [5, 5.41) is 13.7. The van der Waals surface area contributed by atoms with E-state index >= 15 is 0 Å². The van der Waals surface area contributed by atoms with Crippen LogP contribution < -0.4 is 5.32 Å². The van der Waals surface area contributed by atoms with Gasteiger partial charge in [0.15, 0.2) is 0 Å². The second-order valence-corrected chi connectivity index (χ2v) is 12.5. The second-order valence-electron chi connectivity index (χ2n) is 6.65. The smallest absolute Gasteiger partial charge is 0.352 e. The quantitative estimate of drug-likeness (QED) is 0.406. The highest BCUT2D eigenvalue weighted by atomic mass is 32.2. The molecule has 31 heavy (non-hydrogen) atoms. The summed E-state index contributed by atoms with van der Waals surface area (Å²) in [5.41, 5.74) is 3.31. The summed E-state index contributed by atoms with van der Waals surface area (Å²) in [4.78, 5) is 42.4. The number of carboxylic acids is 1. The molecular weight excluding hydrogens is 499 g/mol. The van der Waals surface area contributed by atoms with Crippen molar-refractivity contribution in [1.82, 2.24) is 15.2 Å². The number of aromatic nitrogens is 1. The van der Waals surface area contributed by atoms with Gasteiger partial charge in [0.2, 0.25) is 5.91 Å². The molecule has 2 aliphatic rings. The number of amides is 2. The van der Waals surface area contributed by atoms with Gasteiger partial charge in [-0.3, -0.25) is 18.7 Å². The molecule has 1 fully saturated rings. The Hall–Kier alpha value is -1.67. The van der Waals surface area contributed by atoms with Gasteiger partial charge >= 0.3 is 5.97 Å². The average molecular weight is 516 g/mol. The molecule has 1 saturated heterocycles. The summed E-state index contributed by atoms with van der Waals surface area (Å²) >= 11 is 5.73. The van der Waals surface area contributed by atoms with Gasteiger partial charge in [-0.1, -0.05) is 6.07 Å². The van der Waals surface area contributed by atoms with Crippen LogP contribution in [0, 0.1) is 6.92 Å². The van der Waals surface area contributed by atoms with Crippen LogP contribution in [0.2, 0.25) is 0 Å². The molecule has 2 unspecified atom stereocenters. The molecule has 2 aliphatic heterocycles. The van der Waals surface area contributed by atoms with Gasteiger partial charge in [-0.15, -0.1) is 46.2 Å². The maximum Gasteiger partial charge on any atom is 0.352 e. The normalized spacial score (nSPS) is 21.5. The van der Waals surface area contributed by atoms with Crippen LogP contribution in [-0.2, 0) is 25.2 Å². The lowest BCUT2D eigenvalue weighted by atomic mass is 10.0. The molecule has 0 bridgehead atoms. The van der Waals surface area contributed by atoms with Crippen LogP contribution in [0.4, 0.5) is 0 Å². The van der Waals surface area contributed by atoms with Crippen LogP contribution in [0.3, 0.4) is 0 Å². The molecule has 0 aliphatic carbocycles. The Balaban J connectivity index is 1.42. The first-order valence-electron chi connectivity index (χ1n) is 9.01. The van der Waals surface area contributed by atoms with Crippen molar-refractivity contribution in [1.29, 1.82) is 0 Å². The van der Waals surface area contributed by atoms with Gasteiger partial charge in [-0.2, -0.15) is 0 Å². The van der Waals surface area contributed by atoms with E-state index < -0.39 is 40.0 Å². The third-order valence-corrected chi connectivity index (χ3v) is 11.0. The number of rotatable bonds is 8. The molecular formula is C18H17N3O5S5. The Morgan fingerprint density at radius 2 is 2.23 bits per heavy atom. The number of carbonyl (C=O) groups excluding carboxylic acids is 2. The van der Waals surface area contributed by atoms with Crippen molar-refractivity contribution in [3.8, 4) is 0 Å². The number of β-lactam (4-membered cyclic amide) rings is 1. The summed E-state index contributed by atoms with van der Waals surface area (Å²) < 4.78 is 13.8. The highest BCUT2D eigenvalue weighted by Crippen LogP contribution is 2.42. The Bertz CT molecular complexity index is 1080. The monoisotopic (exact) mass is 515 g/mol. The Kier molecular flexibility index (Phi) is 6.86. The SMILES string of the molecule is Cc1ncsc1SCC1=C(C(=O)O)N2C(=O)C(NC(=O)CS(=O)c3cccs3)[C@@H]2SC1. The van der Waals surface area contributed by atoms with E-state index in [-0.39, 0.29) is 11.4 Å². The van der Waals surface area contributed by atoms with Crippen LogP contribution in [0.25, 0.3) is 0 Å². The number of hydrogen-bond acceptors (Lipinski definition) is 9. The van der Waals surface area contributed by atoms with E-state index in [1.165, 1.54) is 51.1 Å². The fraction of sp³-hybridized carbons (Fsp3) is 0.333. The summed E-state index contributed by atoms with van der Waals surface area (Å²) in [6.07, 6.45) is 0. The molecule has 0 radical (unpaired) electrons. The van der Waals surface area contributed by atoms with E-state index in [0.29, 0.717) is 21.3 Å². The third kappa shape index (κ3) is 4.60. The lowest BCUT2D eigenvalue weighted by Gasteiger charge is -2.49. The number of fused-ring (bicyclic) bond motifs is 1. The summed E-state index contributed by atoms with van der Waals surface area (Å²) in [5.74, 6) is -1.44. The third-order valence-electron chi connectivity index (χ3n) is 4.63. The molecule has 13 heteroatoms. The Morgan fingerprint density at radius 3 is 2.87 bits per heavy atom. The molecule has 2 N–H and O–H groups in total. The Labute approximate surface area is 197 Å². The first kappa shape index (κ1) is 22.5. The standard InChI is InChI=1S/C18H17N3O5S5/c1-9-18(30-8-19-9)29-6-10-5-28-16-13(15(23)21(16)14(10)17(24)25)20-11(22)7-31(26)12-3-2-4-27-12/h2-4,8,13,16H,5-7H2,1H3,(H,20,22)(H,24,25)/t13?,16-,31?/m0/s1. The fourth-order valence-electron chi connectivity index (χ4n) is 3.18. The van der Waals surface area contributed by atoms with Crippen LogP contribution >= 0.6 is 46.2 Å². The van der Waals surface area contributed by atoms with Crippen LogP contribution in [0.1, 0.15) is 5.69 Å². The van der Waals surface area contributed by atoms with E-state index in [4.69, 9.17) is 0 Å². The van der Waals surface area contributed by atoms with Crippen molar-refractivity contribution in [2.75, 3.05) is 17.3 Å². The zero-order chi connectivity index (χ0) is 22.1. The number of carbonyl (C=O) groups is 3. The van der Waals surface area contributed by atoms with Crippen molar-refractivity contribution in [3.63, 3.8) is 0 Å². The van der Waals surface area contributed by atoms with E-state index in [1.807, 2.05) is 6.92 Å². The van der Waals surface area contributed by atoms with Crippen molar-refractivity contribution < 1.29 is 23.7 Å². The number of thiazole rings is 1. The summed E-state index contributed by atoms with van der Waals surface area (Å²) in [6, 6.07) is 2.64. The van der Waals surface area contributed by atoms with Crippen molar-refractivity contribution in [2.24, 2.45) is 0 Å². The van der Waals surface area contributed by atoms with Crippen LogP contribution in [0.5, 0.6) is 0 Å². The largest absolute Gasteiger partial charge is 0.477 e. The molecule has 2 amide bonds. The first-order chi connectivity index (χ1) is 14.9. The maximum atomic E-state index is 12.7. The fourth-order valence-corrected chi connectivity index (χ4v) is 8.48. The minimum atomic E-state index is -1.47. The number of aryl methyl sites for hydroxylation is 1. The zero-order valence-corrected chi connectivity index (χ0v) is 20.2. The summed E-state index contributed by atoms with van der Waals surface area (Å²) in [7, 11) is -1.47. The molecule has 0 aromatic carbocycles. The summed E-state index contributed by atoms with van der Waals surface area (Å²) in [6.45, 7) is 1.90. The van der Waals surface area contributed by atoms with E-state index in [9.17, 15) is 23.7 Å². The minimum Gasteiger partial charge on any atom is -0.477 e. The van der Waals surface area contributed by atoms with Gasteiger partial charge in [0.1, 0.15) is 22.9 Å². The van der Waals surface area contributed by atoms with Gasteiger partial charge in [-0.25, -0.2) is 9.78 Å². The van der Waals surface area contributed by atoms with Gasteiger partial charge < -0.3 is 10.4 Å². The minimum absolute atomic E-state index is 0.00363. The van der Waals surface area contributed by atoms with Crippen molar-refractivity contribution in [2.45, 2.75) is 26.8 Å². The van der Waals surface area contributed by atoms with Crippen molar-refractivity contribution >= 4 is 74.8 Å². The average Bonchev–Trinajstić information content (AvgIpc) is 3.41. The zero-order valence-electron chi connectivity index (χ0n) is 16.1. The van der Waals surface area contributed by atoms with E-state index in [2.05, 4.69) is 10.3 Å². The molecule has 8 nitrogen and oxygen atoms in total. The highest BCUT2D eigenvalue weighted by molar-refractivity contribution is 8.02. The van der Waals surface area contributed by atoms with Crippen molar-refractivity contribution in [3.05, 3.63) is 40.0 Å². The lowest BCUT2D eigenvalue weighted by molar-refractivity contribution is -0.150. The predicted molar refractivity (Wildman–Crippen MR) is 123 cm³/mol. The topological polar surface area (TPSA) is 117 Å². The highest BCUT2D eigenvalue weighted by Gasteiger charge is 2.54. The number of thioether (sulfide) groups is 2. The lowest BCUT2D eigenvalue weighted by Crippen LogP contribution is -2.70. The molecule has 0 saturated carbocycles. The molecule has 4 heterocycles. The Morgan fingerprint density at radius 1 is 1.42 bits per heavy atom. The van der Waals surface area contributed by atoms with Gasteiger partial charge in [0.05, 0.1) is 30.4 Å². The molecule has 2 aromatic heterocycles. The first-order valence-corrected chi connectivity index (χ1v) is 14.1. The molecule has 3 atom stereocenters. The number of carboxylic acid groups (broad SMARTS) is 1. The molecule has 164 valence electrons. The maximum absolute atomic E-state index is 12.7. The van der Waals surface area contributed by atoms with E-state index in [0.717, 1.165) is 9.90 Å². The molecule has 0 spiro atoms. The van der Waals surface area contributed by atoms with Gasteiger partial charge in [0.25, 0.3) is 5.91 Å². The van der Waals surface area contributed by atoms with Gasteiger partial charge in [-0.05, 0) is 23.9 Å². The number of hydrogen-bond donors (Lipinski definition) is 2. The number of nitrogens with one attached hydrogen (secondary N) is 1. The van der Waals surface area contributed by atoms with Gasteiger partial charge in [0, 0.05) is 11.5 Å². The van der Waals surface area contributed by atoms with Crippen LogP contribution in [0.15, 0.2) is 42.7 Å². The second kappa shape index (κ2) is 9.45. The number of aliphatic carboxylic acids is 1. The number of nitrogens with zero attached hydrogens (tertiary/aromatic N) is 2.